The van der Waals surface area contributed by atoms with E-state index in [9.17, 15) is 4.79 Å². The van der Waals surface area contributed by atoms with Crippen molar-refractivity contribution in [2.24, 2.45) is 0 Å². The van der Waals surface area contributed by atoms with Crippen molar-refractivity contribution in [2.45, 2.75) is 0 Å². The lowest BCUT2D eigenvalue weighted by molar-refractivity contribution is 0.0606. The van der Waals surface area contributed by atoms with E-state index in [2.05, 4.69) is 9.11 Å². The predicted octanol–water partition coefficient (Wildman–Crippen LogP) is 2.47. The first kappa shape index (κ1) is 11.3. The molecule has 1 aromatic heterocycles. The zero-order valence-electron chi connectivity index (χ0n) is 9.01. The minimum absolute atomic E-state index is 0.244. The van der Waals surface area contributed by atoms with Gasteiger partial charge in [0.1, 0.15) is 17.3 Å². The molecule has 4 nitrogen and oxygen atoms in total. The van der Waals surface area contributed by atoms with Crippen LogP contribution in [0.15, 0.2) is 30.3 Å². The van der Waals surface area contributed by atoms with Crippen molar-refractivity contribution >= 4 is 17.5 Å². The van der Waals surface area contributed by atoms with Crippen LogP contribution in [-0.2, 0) is 4.74 Å². The van der Waals surface area contributed by atoms with Crippen molar-refractivity contribution in [1.29, 1.82) is 5.26 Å². The SMILES string of the molecule is COC(=O)c1snc(-c2ccccc2)c1C#N. The van der Waals surface area contributed by atoms with E-state index in [-0.39, 0.29) is 10.4 Å². The Morgan fingerprint density at radius 1 is 1.41 bits per heavy atom. The molecular formula is C12H8N2O2S. The van der Waals surface area contributed by atoms with Gasteiger partial charge in [-0.1, -0.05) is 30.3 Å². The molecule has 0 atom stereocenters. The number of rotatable bonds is 2. The number of hydrogen-bond donors (Lipinski definition) is 0. The average molecular weight is 244 g/mol. The van der Waals surface area contributed by atoms with Gasteiger partial charge < -0.3 is 4.74 Å². The summed E-state index contributed by atoms with van der Waals surface area (Å²) < 4.78 is 8.75. The van der Waals surface area contributed by atoms with E-state index in [4.69, 9.17) is 5.26 Å². The van der Waals surface area contributed by atoms with Crippen molar-refractivity contribution in [3.05, 3.63) is 40.8 Å². The third-order valence-electron chi connectivity index (χ3n) is 2.22. The summed E-state index contributed by atoms with van der Waals surface area (Å²) in [6.45, 7) is 0. The van der Waals surface area contributed by atoms with Gasteiger partial charge >= 0.3 is 5.97 Å². The van der Waals surface area contributed by atoms with E-state index < -0.39 is 5.97 Å². The van der Waals surface area contributed by atoms with Crippen LogP contribution in [0.2, 0.25) is 0 Å². The van der Waals surface area contributed by atoms with Crippen LogP contribution >= 0.6 is 11.5 Å². The van der Waals surface area contributed by atoms with Crippen LogP contribution in [0.25, 0.3) is 11.3 Å². The van der Waals surface area contributed by atoms with Gasteiger partial charge in [0.15, 0.2) is 4.88 Å². The Kier molecular flexibility index (Phi) is 3.17. The largest absolute Gasteiger partial charge is 0.465 e. The maximum absolute atomic E-state index is 11.4. The third-order valence-corrected chi connectivity index (χ3v) is 3.05. The molecule has 84 valence electrons. The zero-order chi connectivity index (χ0) is 12.3. The maximum atomic E-state index is 11.4. The van der Waals surface area contributed by atoms with Gasteiger partial charge in [0.2, 0.25) is 0 Å². The lowest BCUT2D eigenvalue weighted by Gasteiger charge is -1.97. The Hall–Kier alpha value is -2.19. The minimum atomic E-state index is -0.527. The van der Waals surface area contributed by atoms with Crippen LogP contribution in [0.1, 0.15) is 15.2 Å². The Balaban J connectivity index is 2.55. The van der Waals surface area contributed by atoms with Crippen LogP contribution in [0, 0.1) is 11.3 Å². The molecule has 0 radical (unpaired) electrons. The van der Waals surface area contributed by atoms with Crippen LogP contribution < -0.4 is 0 Å². The zero-order valence-corrected chi connectivity index (χ0v) is 9.82. The van der Waals surface area contributed by atoms with Crippen molar-refractivity contribution in [3.63, 3.8) is 0 Å². The third kappa shape index (κ3) is 2.03. The molecule has 0 saturated carbocycles. The van der Waals surface area contributed by atoms with E-state index in [1.807, 2.05) is 36.4 Å². The first-order valence-corrected chi connectivity index (χ1v) is 5.58. The summed E-state index contributed by atoms with van der Waals surface area (Å²) in [6, 6.07) is 11.3. The van der Waals surface area contributed by atoms with Crippen molar-refractivity contribution < 1.29 is 9.53 Å². The molecule has 2 aromatic rings. The molecule has 1 heterocycles. The van der Waals surface area contributed by atoms with Crippen LogP contribution in [0.3, 0.4) is 0 Å². The first-order chi connectivity index (χ1) is 8.27. The second-order valence-electron chi connectivity index (χ2n) is 3.20. The summed E-state index contributed by atoms with van der Waals surface area (Å²) >= 11 is 0.981. The highest BCUT2D eigenvalue weighted by molar-refractivity contribution is 7.08. The maximum Gasteiger partial charge on any atom is 0.351 e. The summed E-state index contributed by atoms with van der Waals surface area (Å²) in [5.74, 6) is -0.527. The lowest BCUT2D eigenvalue weighted by atomic mass is 10.1. The van der Waals surface area contributed by atoms with Crippen LogP contribution in [0.5, 0.6) is 0 Å². The molecule has 0 N–H and O–H groups in total. The number of carbonyl (C=O) groups is 1. The van der Waals surface area contributed by atoms with Gasteiger partial charge in [0.25, 0.3) is 0 Å². The molecule has 0 aliphatic heterocycles. The lowest BCUT2D eigenvalue weighted by Crippen LogP contribution is -2.00. The Morgan fingerprint density at radius 3 is 2.71 bits per heavy atom. The number of nitrogens with zero attached hydrogens (tertiary/aromatic N) is 2. The minimum Gasteiger partial charge on any atom is -0.465 e. The monoisotopic (exact) mass is 244 g/mol. The van der Waals surface area contributed by atoms with Crippen LogP contribution in [-0.4, -0.2) is 17.5 Å². The molecule has 2 rings (SSSR count). The Morgan fingerprint density at radius 2 is 2.12 bits per heavy atom. The van der Waals surface area contributed by atoms with Gasteiger partial charge in [-0.25, -0.2) is 4.79 Å². The van der Waals surface area contributed by atoms with Crippen molar-refractivity contribution in [3.8, 4) is 17.3 Å². The summed E-state index contributed by atoms with van der Waals surface area (Å²) in [7, 11) is 1.28. The Bertz CT molecular complexity index is 584. The summed E-state index contributed by atoms with van der Waals surface area (Å²) in [4.78, 5) is 11.7. The summed E-state index contributed by atoms with van der Waals surface area (Å²) in [6.07, 6.45) is 0. The van der Waals surface area contributed by atoms with Gasteiger partial charge in [-0.15, -0.1) is 0 Å². The van der Waals surface area contributed by atoms with Gasteiger partial charge in [-0.2, -0.15) is 9.64 Å². The molecule has 0 bridgehead atoms. The van der Waals surface area contributed by atoms with E-state index in [1.54, 1.807) is 0 Å². The molecule has 0 unspecified atom stereocenters. The fourth-order valence-corrected chi connectivity index (χ4v) is 2.19. The van der Waals surface area contributed by atoms with E-state index in [0.717, 1.165) is 17.1 Å². The van der Waals surface area contributed by atoms with E-state index >= 15 is 0 Å². The summed E-state index contributed by atoms with van der Waals surface area (Å²) in [5, 5.41) is 9.10. The molecule has 0 saturated heterocycles. The Labute approximate surface area is 102 Å². The number of nitriles is 1. The second kappa shape index (κ2) is 4.76. The van der Waals surface area contributed by atoms with Gasteiger partial charge in [-0.3, -0.25) is 0 Å². The smallest absolute Gasteiger partial charge is 0.351 e. The molecule has 0 aliphatic carbocycles. The number of benzene rings is 1. The number of carbonyl (C=O) groups excluding carboxylic acids is 1. The first-order valence-electron chi connectivity index (χ1n) is 4.81. The number of ether oxygens (including phenoxy) is 1. The molecule has 17 heavy (non-hydrogen) atoms. The molecule has 1 aromatic carbocycles. The number of methoxy groups -OCH3 is 1. The normalized spacial score (nSPS) is 9.65. The average Bonchev–Trinajstić information content (AvgIpc) is 2.82. The fraction of sp³-hybridized carbons (Fsp3) is 0.0833. The van der Waals surface area contributed by atoms with E-state index in [1.165, 1.54) is 7.11 Å². The number of aromatic nitrogens is 1. The second-order valence-corrected chi connectivity index (χ2v) is 3.98. The van der Waals surface area contributed by atoms with Gasteiger partial charge in [0, 0.05) is 5.56 Å². The highest BCUT2D eigenvalue weighted by Crippen LogP contribution is 2.27. The molecule has 0 fully saturated rings. The molecule has 5 heteroatoms. The predicted molar refractivity (Wildman–Crippen MR) is 63.6 cm³/mol. The van der Waals surface area contributed by atoms with Crippen molar-refractivity contribution in [2.75, 3.05) is 7.11 Å². The number of esters is 1. The summed E-state index contributed by atoms with van der Waals surface area (Å²) in [5.41, 5.74) is 1.61. The molecule has 0 aliphatic rings. The quantitative estimate of drug-likeness (QED) is 0.761. The molecular weight excluding hydrogens is 236 g/mol. The van der Waals surface area contributed by atoms with Gasteiger partial charge in [-0.05, 0) is 11.5 Å². The number of hydrogen-bond acceptors (Lipinski definition) is 5. The topological polar surface area (TPSA) is 63.0 Å². The van der Waals surface area contributed by atoms with Crippen molar-refractivity contribution in [1.82, 2.24) is 4.37 Å². The van der Waals surface area contributed by atoms with Crippen LogP contribution in [0.4, 0.5) is 0 Å². The fourth-order valence-electron chi connectivity index (χ4n) is 1.42. The van der Waals surface area contributed by atoms with E-state index in [0.29, 0.717) is 5.69 Å². The molecule has 0 amide bonds. The van der Waals surface area contributed by atoms with Gasteiger partial charge in [0.05, 0.1) is 7.11 Å². The standard InChI is InChI=1S/C12H8N2O2S/c1-16-12(15)11-9(7-13)10(14-17-11)8-5-3-2-4-6-8/h2-6H,1H3. The highest BCUT2D eigenvalue weighted by atomic mass is 32.1. The molecule has 0 spiro atoms. The highest BCUT2D eigenvalue weighted by Gasteiger charge is 2.20.